The number of thiophene rings is 1. The van der Waals surface area contributed by atoms with E-state index in [9.17, 15) is 14.7 Å². The molecule has 8 heteroatoms. The standard InChI is InChI=1S/C29H31ClO6S/c1-5-25-16(2)27(34-17(3)31)29(35-18(4)32)28(36-25)20-8-12-24(30)21(14-20)15-23-11-13-26(37-23)19-6-9-22(33)10-7-19/h6-14,16,25,27-29,33H,5,15H2,1-4H3/t16-,25-,27+,28+,29-/m1/s1. The lowest BCUT2D eigenvalue weighted by Crippen LogP contribution is -2.52. The number of hydrogen-bond acceptors (Lipinski definition) is 7. The minimum atomic E-state index is -0.781. The number of aromatic hydroxyl groups is 1. The molecule has 0 saturated carbocycles. The molecule has 196 valence electrons. The number of esters is 2. The van der Waals surface area contributed by atoms with E-state index in [0.717, 1.165) is 32.9 Å². The Morgan fingerprint density at radius 1 is 1.00 bits per heavy atom. The third-order valence-electron chi connectivity index (χ3n) is 6.63. The molecule has 5 atom stereocenters. The van der Waals surface area contributed by atoms with Gasteiger partial charge in [0, 0.05) is 41.0 Å². The minimum Gasteiger partial charge on any atom is -0.508 e. The Hall–Kier alpha value is -2.87. The van der Waals surface area contributed by atoms with Crippen LogP contribution in [0.25, 0.3) is 10.4 Å². The van der Waals surface area contributed by atoms with Crippen LogP contribution in [0.15, 0.2) is 54.6 Å². The first-order valence-electron chi connectivity index (χ1n) is 12.3. The first-order valence-corrected chi connectivity index (χ1v) is 13.5. The van der Waals surface area contributed by atoms with Crippen LogP contribution in [0.1, 0.15) is 56.2 Å². The third-order valence-corrected chi connectivity index (χ3v) is 8.13. The summed E-state index contributed by atoms with van der Waals surface area (Å²) >= 11 is 8.26. The van der Waals surface area contributed by atoms with E-state index in [1.54, 1.807) is 23.5 Å². The van der Waals surface area contributed by atoms with Crippen LogP contribution in [0.3, 0.4) is 0 Å². The summed E-state index contributed by atoms with van der Waals surface area (Å²) in [7, 11) is 0. The molecule has 2 aromatic carbocycles. The fourth-order valence-electron chi connectivity index (χ4n) is 4.84. The van der Waals surface area contributed by atoms with E-state index in [1.165, 1.54) is 13.8 Å². The minimum absolute atomic E-state index is 0.147. The smallest absolute Gasteiger partial charge is 0.303 e. The number of hydrogen-bond donors (Lipinski definition) is 1. The van der Waals surface area contributed by atoms with Crippen molar-refractivity contribution in [2.24, 2.45) is 5.92 Å². The van der Waals surface area contributed by atoms with Crippen LogP contribution < -0.4 is 0 Å². The van der Waals surface area contributed by atoms with Gasteiger partial charge in [-0.15, -0.1) is 11.3 Å². The van der Waals surface area contributed by atoms with Crippen LogP contribution in [0.4, 0.5) is 0 Å². The molecule has 2 heterocycles. The van der Waals surface area contributed by atoms with Gasteiger partial charge in [-0.2, -0.15) is 0 Å². The Morgan fingerprint density at radius 3 is 2.32 bits per heavy atom. The van der Waals surface area contributed by atoms with Crippen molar-refractivity contribution in [2.75, 3.05) is 0 Å². The Kier molecular flexibility index (Phi) is 8.57. The maximum Gasteiger partial charge on any atom is 0.303 e. The molecule has 1 aliphatic rings. The number of halogens is 1. The quantitative estimate of drug-likeness (QED) is 0.334. The number of phenolic OH excluding ortho intramolecular Hbond substituents is 1. The molecule has 3 aromatic rings. The summed E-state index contributed by atoms with van der Waals surface area (Å²) in [5.74, 6) is -0.807. The van der Waals surface area contributed by atoms with Crippen molar-refractivity contribution in [2.45, 2.75) is 65.0 Å². The zero-order valence-electron chi connectivity index (χ0n) is 21.3. The number of carbonyl (C=O) groups excluding carboxylic acids is 2. The Balaban J connectivity index is 1.64. The Labute approximate surface area is 226 Å². The summed E-state index contributed by atoms with van der Waals surface area (Å²) in [6.45, 7) is 6.67. The van der Waals surface area contributed by atoms with Gasteiger partial charge in [0.1, 0.15) is 18.0 Å². The van der Waals surface area contributed by atoms with E-state index in [4.69, 9.17) is 25.8 Å². The fourth-order valence-corrected chi connectivity index (χ4v) is 6.06. The monoisotopic (exact) mass is 542 g/mol. The van der Waals surface area contributed by atoms with Crippen molar-refractivity contribution in [1.29, 1.82) is 0 Å². The maximum absolute atomic E-state index is 12.0. The molecule has 0 aliphatic carbocycles. The molecule has 0 amide bonds. The van der Waals surface area contributed by atoms with Gasteiger partial charge in [0.2, 0.25) is 0 Å². The van der Waals surface area contributed by atoms with Gasteiger partial charge in [-0.25, -0.2) is 0 Å². The van der Waals surface area contributed by atoms with Crippen LogP contribution in [0.5, 0.6) is 5.75 Å². The SMILES string of the molecule is CC[C@H]1O[C@@H](c2ccc(Cl)c(Cc3ccc(-c4ccc(O)cc4)s3)c2)[C@H](OC(C)=O)[C@@H](OC(C)=O)[C@@H]1C. The first kappa shape index (κ1) is 27.2. The van der Waals surface area contributed by atoms with Crippen molar-refractivity contribution >= 4 is 34.9 Å². The van der Waals surface area contributed by atoms with E-state index < -0.39 is 30.3 Å². The average molecular weight is 543 g/mol. The second-order valence-electron chi connectivity index (χ2n) is 9.35. The van der Waals surface area contributed by atoms with Gasteiger partial charge in [-0.3, -0.25) is 9.59 Å². The topological polar surface area (TPSA) is 82.1 Å². The van der Waals surface area contributed by atoms with Gasteiger partial charge in [0.05, 0.1) is 6.10 Å². The van der Waals surface area contributed by atoms with Crippen LogP contribution in [-0.2, 0) is 30.2 Å². The lowest BCUT2D eigenvalue weighted by molar-refractivity contribution is -0.225. The number of phenols is 1. The fraction of sp³-hybridized carbons (Fsp3) is 0.379. The third kappa shape index (κ3) is 6.35. The van der Waals surface area contributed by atoms with E-state index in [1.807, 2.05) is 44.2 Å². The largest absolute Gasteiger partial charge is 0.508 e. The lowest BCUT2D eigenvalue weighted by Gasteiger charge is -2.44. The first-order chi connectivity index (χ1) is 17.7. The number of carbonyl (C=O) groups is 2. The summed E-state index contributed by atoms with van der Waals surface area (Å²) in [5.41, 5.74) is 2.76. The second-order valence-corrected chi connectivity index (χ2v) is 10.9. The lowest BCUT2D eigenvalue weighted by atomic mass is 9.84. The molecule has 1 N–H and O–H groups in total. The van der Waals surface area contributed by atoms with Crippen molar-refractivity contribution in [3.8, 4) is 16.2 Å². The average Bonchev–Trinajstić information content (AvgIpc) is 3.31. The number of ether oxygens (including phenoxy) is 3. The molecular formula is C29H31ClO6S. The van der Waals surface area contributed by atoms with Crippen LogP contribution in [0, 0.1) is 5.92 Å². The summed E-state index contributed by atoms with van der Waals surface area (Å²) in [6.07, 6.45) is -0.864. The highest BCUT2D eigenvalue weighted by Gasteiger charge is 2.47. The van der Waals surface area contributed by atoms with Crippen molar-refractivity contribution < 1.29 is 28.9 Å². The van der Waals surface area contributed by atoms with E-state index >= 15 is 0 Å². The van der Waals surface area contributed by atoms with Gasteiger partial charge in [-0.1, -0.05) is 37.6 Å². The van der Waals surface area contributed by atoms with Gasteiger partial charge in [-0.05, 0) is 65.6 Å². The van der Waals surface area contributed by atoms with E-state index in [-0.39, 0.29) is 17.8 Å². The second kappa shape index (κ2) is 11.7. The van der Waals surface area contributed by atoms with Gasteiger partial charge < -0.3 is 19.3 Å². The summed E-state index contributed by atoms with van der Waals surface area (Å²) in [5, 5.41) is 10.2. The van der Waals surface area contributed by atoms with Crippen molar-refractivity contribution in [1.82, 2.24) is 0 Å². The molecule has 0 radical (unpaired) electrons. The molecule has 4 rings (SSSR count). The molecule has 1 aromatic heterocycles. The van der Waals surface area contributed by atoms with Crippen LogP contribution in [-0.4, -0.2) is 35.4 Å². The zero-order chi connectivity index (χ0) is 26.7. The Bertz CT molecular complexity index is 1250. The molecule has 37 heavy (non-hydrogen) atoms. The summed E-state index contributed by atoms with van der Waals surface area (Å²) in [6, 6.07) is 16.9. The number of rotatable bonds is 7. The van der Waals surface area contributed by atoms with Crippen LogP contribution >= 0.6 is 22.9 Å². The normalized spacial score (nSPS) is 23.4. The molecule has 0 unspecified atom stereocenters. The van der Waals surface area contributed by atoms with Crippen molar-refractivity contribution in [3.05, 3.63) is 75.6 Å². The molecule has 1 fully saturated rings. The van der Waals surface area contributed by atoms with E-state index in [2.05, 4.69) is 12.1 Å². The molecule has 6 nitrogen and oxygen atoms in total. The predicted octanol–water partition coefficient (Wildman–Crippen LogP) is 6.71. The highest BCUT2D eigenvalue weighted by Crippen LogP contribution is 2.41. The molecule has 1 saturated heterocycles. The zero-order valence-corrected chi connectivity index (χ0v) is 22.8. The number of benzene rings is 2. The summed E-state index contributed by atoms with van der Waals surface area (Å²) < 4.78 is 17.8. The molecule has 0 spiro atoms. The molecular weight excluding hydrogens is 512 g/mol. The predicted molar refractivity (Wildman–Crippen MR) is 144 cm³/mol. The maximum atomic E-state index is 12.0. The van der Waals surface area contributed by atoms with Gasteiger partial charge >= 0.3 is 11.9 Å². The van der Waals surface area contributed by atoms with Crippen LogP contribution in [0.2, 0.25) is 5.02 Å². The highest BCUT2D eigenvalue weighted by atomic mass is 35.5. The van der Waals surface area contributed by atoms with Gasteiger partial charge in [0.25, 0.3) is 0 Å². The Morgan fingerprint density at radius 2 is 1.68 bits per heavy atom. The van der Waals surface area contributed by atoms with Gasteiger partial charge in [0.15, 0.2) is 6.10 Å². The highest BCUT2D eigenvalue weighted by molar-refractivity contribution is 7.15. The van der Waals surface area contributed by atoms with E-state index in [0.29, 0.717) is 11.4 Å². The van der Waals surface area contributed by atoms with Crippen molar-refractivity contribution in [3.63, 3.8) is 0 Å². The molecule has 0 bridgehead atoms. The molecule has 1 aliphatic heterocycles. The summed E-state index contributed by atoms with van der Waals surface area (Å²) in [4.78, 5) is 26.2.